The number of allylic oxidation sites excluding steroid dienone is 2. The third kappa shape index (κ3) is 2.06. The summed E-state index contributed by atoms with van der Waals surface area (Å²) in [4.78, 5) is 22.5. The highest BCUT2D eigenvalue weighted by molar-refractivity contribution is 5.87. The zero-order valence-electron chi connectivity index (χ0n) is 8.46. The summed E-state index contributed by atoms with van der Waals surface area (Å²) >= 11 is 0. The van der Waals surface area contributed by atoms with Crippen LogP contribution in [-0.4, -0.2) is 11.6 Å². The molecule has 0 bridgehead atoms. The van der Waals surface area contributed by atoms with Gasteiger partial charge in [0.15, 0.2) is 0 Å². The molecule has 13 heavy (non-hydrogen) atoms. The van der Waals surface area contributed by atoms with Crippen molar-refractivity contribution in [1.82, 2.24) is 0 Å². The van der Waals surface area contributed by atoms with Gasteiger partial charge in [-0.25, -0.2) is 0 Å². The fourth-order valence-corrected chi connectivity index (χ4v) is 1.86. The molecule has 0 spiro atoms. The number of rotatable bonds is 3. The molecule has 0 fully saturated rings. The molecule has 0 amide bonds. The highest BCUT2D eigenvalue weighted by Gasteiger charge is 2.30. The zero-order chi connectivity index (χ0) is 10.0. The monoisotopic (exact) mass is 180 g/mol. The molecule has 1 rings (SSSR count). The van der Waals surface area contributed by atoms with Crippen molar-refractivity contribution < 1.29 is 9.59 Å². The molecule has 0 aromatic carbocycles. The van der Waals surface area contributed by atoms with Crippen molar-refractivity contribution in [3.63, 3.8) is 0 Å². The van der Waals surface area contributed by atoms with Crippen LogP contribution in [0.1, 0.15) is 33.6 Å². The van der Waals surface area contributed by atoms with E-state index in [0.717, 1.165) is 5.57 Å². The topological polar surface area (TPSA) is 34.1 Å². The minimum atomic E-state index is -0.0134. The van der Waals surface area contributed by atoms with Gasteiger partial charge in [-0.2, -0.15) is 0 Å². The molecule has 2 nitrogen and oxygen atoms in total. The highest BCUT2D eigenvalue weighted by atomic mass is 16.1. The lowest BCUT2D eigenvalue weighted by Gasteiger charge is -2.09. The van der Waals surface area contributed by atoms with Crippen molar-refractivity contribution >= 4 is 11.6 Å². The van der Waals surface area contributed by atoms with E-state index in [-0.39, 0.29) is 23.4 Å². The molecule has 0 heterocycles. The lowest BCUT2D eigenvalue weighted by Crippen LogP contribution is -2.14. The van der Waals surface area contributed by atoms with E-state index in [2.05, 4.69) is 0 Å². The molecule has 0 aliphatic heterocycles. The number of hydrogen-bond acceptors (Lipinski definition) is 2. The summed E-state index contributed by atoms with van der Waals surface area (Å²) in [6, 6.07) is 0. The Labute approximate surface area is 79.0 Å². The Morgan fingerprint density at radius 1 is 1.54 bits per heavy atom. The van der Waals surface area contributed by atoms with Crippen LogP contribution in [0.25, 0.3) is 0 Å². The maximum Gasteiger partial charge on any atom is 0.139 e. The molecule has 0 saturated heterocycles. The molecule has 1 aliphatic carbocycles. The van der Waals surface area contributed by atoms with E-state index in [1.807, 2.05) is 19.9 Å². The Balaban J connectivity index is 2.71. The molecule has 1 aliphatic rings. The van der Waals surface area contributed by atoms with Gasteiger partial charge in [0, 0.05) is 18.3 Å². The van der Waals surface area contributed by atoms with Gasteiger partial charge in [-0.05, 0) is 20.3 Å². The molecule has 0 unspecified atom stereocenters. The molecular weight excluding hydrogens is 164 g/mol. The molecule has 2 atom stereocenters. The first-order valence-corrected chi connectivity index (χ1v) is 4.77. The van der Waals surface area contributed by atoms with E-state index in [0.29, 0.717) is 12.8 Å². The summed E-state index contributed by atoms with van der Waals surface area (Å²) in [5.74, 6) is 0.433. The van der Waals surface area contributed by atoms with Crippen LogP contribution < -0.4 is 0 Å². The first kappa shape index (κ1) is 10.2. The number of Topliss-reactive ketones (excluding diaryl/α,β-unsaturated/α-hetero) is 2. The van der Waals surface area contributed by atoms with Crippen molar-refractivity contribution in [3.8, 4) is 0 Å². The lowest BCUT2D eigenvalue weighted by molar-refractivity contribution is -0.122. The average Bonchev–Trinajstić information content (AvgIpc) is 2.46. The van der Waals surface area contributed by atoms with Crippen molar-refractivity contribution in [3.05, 3.63) is 11.6 Å². The Morgan fingerprint density at radius 2 is 2.15 bits per heavy atom. The van der Waals surface area contributed by atoms with E-state index >= 15 is 0 Å². The van der Waals surface area contributed by atoms with Crippen molar-refractivity contribution in [2.45, 2.75) is 33.6 Å². The van der Waals surface area contributed by atoms with Crippen LogP contribution in [-0.2, 0) is 9.59 Å². The fourth-order valence-electron chi connectivity index (χ4n) is 1.86. The molecule has 72 valence electrons. The molecule has 0 radical (unpaired) electrons. The summed E-state index contributed by atoms with van der Waals surface area (Å²) in [5.41, 5.74) is 1.08. The SMILES string of the molecule is CCC(=O)[C@@H]1C[C@@H](C(C)=O)C=C1C. The normalized spacial score (nSPS) is 27.2. The van der Waals surface area contributed by atoms with Crippen LogP contribution in [0.4, 0.5) is 0 Å². The van der Waals surface area contributed by atoms with Crippen LogP contribution in [0.2, 0.25) is 0 Å². The minimum absolute atomic E-state index is 0.0129. The number of carbonyl (C=O) groups is 2. The van der Waals surface area contributed by atoms with E-state index in [9.17, 15) is 9.59 Å². The summed E-state index contributed by atoms with van der Waals surface area (Å²) < 4.78 is 0. The quantitative estimate of drug-likeness (QED) is 0.623. The van der Waals surface area contributed by atoms with E-state index in [4.69, 9.17) is 0 Å². The third-order valence-corrected chi connectivity index (χ3v) is 2.76. The summed E-state index contributed by atoms with van der Waals surface area (Å²) in [7, 11) is 0. The van der Waals surface area contributed by atoms with Crippen LogP contribution in [0, 0.1) is 11.8 Å². The smallest absolute Gasteiger partial charge is 0.139 e. The second-order valence-corrected chi connectivity index (χ2v) is 3.74. The predicted molar refractivity (Wildman–Crippen MR) is 51.3 cm³/mol. The van der Waals surface area contributed by atoms with Crippen LogP contribution >= 0.6 is 0 Å². The predicted octanol–water partition coefficient (Wildman–Crippen LogP) is 2.14. The summed E-state index contributed by atoms with van der Waals surface area (Å²) in [5, 5.41) is 0. The van der Waals surface area contributed by atoms with E-state index < -0.39 is 0 Å². The van der Waals surface area contributed by atoms with E-state index in [1.165, 1.54) is 0 Å². The summed E-state index contributed by atoms with van der Waals surface area (Å²) in [6.45, 7) is 5.41. The van der Waals surface area contributed by atoms with Gasteiger partial charge in [-0.15, -0.1) is 0 Å². The van der Waals surface area contributed by atoms with Gasteiger partial charge in [-0.1, -0.05) is 18.6 Å². The number of hydrogen-bond donors (Lipinski definition) is 0. The second-order valence-electron chi connectivity index (χ2n) is 3.74. The Morgan fingerprint density at radius 3 is 2.54 bits per heavy atom. The van der Waals surface area contributed by atoms with Gasteiger partial charge in [0.2, 0.25) is 0 Å². The Hall–Kier alpha value is -0.920. The van der Waals surface area contributed by atoms with Gasteiger partial charge in [0.1, 0.15) is 11.6 Å². The average molecular weight is 180 g/mol. The van der Waals surface area contributed by atoms with Gasteiger partial charge in [0.25, 0.3) is 0 Å². The first-order chi connectivity index (χ1) is 6.06. The molecule has 0 saturated carbocycles. The maximum absolute atomic E-state index is 11.4. The minimum Gasteiger partial charge on any atom is -0.299 e. The number of carbonyl (C=O) groups excluding carboxylic acids is 2. The van der Waals surface area contributed by atoms with Crippen molar-refractivity contribution in [2.24, 2.45) is 11.8 Å². The van der Waals surface area contributed by atoms with Crippen LogP contribution in [0.3, 0.4) is 0 Å². The third-order valence-electron chi connectivity index (χ3n) is 2.76. The van der Waals surface area contributed by atoms with Crippen molar-refractivity contribution in [2.75, 3.05) is 0 Å². The number of ketones is 2. The van der Waals surface area contributed by atoms with Crippen LogP contribution in [0.5, 0.6) is 0 Å². The fraction of sp³-hybridized carbons (Fsp3) is 0.636. The molecule has 0 aromatic rings. The van der Waals surface area contributed by atoms with Gasteiger partial charge < -0.3 is 0 Å². The maximum atomic E-state index is 11.4. The van der Waals surface area contributed by atoms with E-state index in [1.54, 1.807) is 6.92 Å². The lowest BCUT2D eigenvalue weighted by atomic mass is 9.93. The second kappa shape index (κ2) is 3.86. The largest absolute Gasteiger partial charge is 0.299 e. The molecule has 0 N–H and O–H groups in total. The summed E-state index contributed by atoms with van der Waals surface area (Å²) in [6.07, 6.45) is 3.22. The standard InChI is InChI=1S/C11H16O2/c1-4-11(13)10-6-9(8(3)12)5-7(10)2/h5,9-10H,4,6H2,1-3H3/t9-,10+/m0/s1. The van der Waals surface area contributed by atoms with Crippen LogP contribution in [0.15, 0.2) is 11.6 Å². The van der Waals surface area contributed by atoms with Gasteiger partial charge in [0.05, 0.1) is 0 Å². The first-order valence-electron chi connectivity index (χ1n) is 4.77. The van der Waals surface area contributed by atoms with Crippen molar-refractivity contribution in [1.29, 1.82) is 0 Å². The Kier molecular flexibility index (Phi) is 3.02. The molecular formula is C11H16O2. The molecule has 0 aromatic heterocycles. The Bertz CT molecular complexity index is 263. The van der Waals surface area contributed by atoms with Gasteiger partial charge >= 0.3 is 0 Å². The van der Waals surface area contributed by atoms with Gasteiger partial charge in [-0.3, -0.25) is 9.59 Å². The molecule has 2 heteroatoms. The highest BCUT2D eigenvalue weighted by Crippen LogP contribution is 2.31. The zero-order valence-corrected chi connectivity index (χ0v) is 8.46.